The van der Waals surface area contributed by atoms with Gasteiger partial charge in [0.25, 0.3) is 5.91 Å². The number of hydrogen-bond donors (Lipinski definition) is 1. The van der Waals surface area contributed by atoms with E-state index in [0.29, 0.717) is 19.5 Å². The van der Waals surface area contributed by atoms with Crippen molar-refractivity contribution in [3.8, 4) is 0 Å². The molecule has 122 valence electrons. The highest BCUT2D eigenvalue weighted by molar-refractivity contribution is 5.91. The zero-order chi connectivity index (χ0) is 16.1. The summed E-state index contributed by atoms with van der Waals surface area (Å²) in [5, 5.41) is 12.8. The van der Waals surface area contributed by atoms with E-state index in [1.54, 1.807) is 11.0 Å². The maximum Gasteiger partial charge on any atom is 0.303 e. The molecule has 1 aliphatic heterocycles. The Morgan fingerprint density at radius 1 is 1.55 bits per heavy atom. The molecule has 0 spiro atoms. The van der Waals surface area contributed by atoms with Crippen molar-refractivity contribution in [3.05, 3.63) is 17.5 Å². The summed E-state index contributed by atoms with van der Waals surface area (Å²) in [7, 11) is 0. The van der Waals surface area contributed by atoms with Crippen molar-refractivity contribution < 1.29 is 19.2 Å². The Morgan fingerprint density at radius 2 is 2.32 bits per heavy atom. The SMILES string of the molecule is CCC(C)c1cc(C(=O)N2CCCC(CCC(=O)O)C2)on1. The lowest BCUT2D eigenvalue weighted by Crippen LogP contribution is -2.39. The van der Waals surface area contributed by atoms with Crippen molar-refractivity contribution >= 4 is 11.9 Å². The highest BCUT2D eigenvalue weighted by Crippen LogP contribution is 2.24. The molecule has 2 rings (SSSR count). The Hall–Kier alpha value is -1.85. The average molecular weight is 308 g/mol. The van der Waals surface area contributed by atoms with E-state index in [-0.39, 0.29) is 29.9 Å². The second kappa shape index (κ2) is 7.42. The van der Waals surface area contributed by atoms with Gasteiger partial charge in [-0.1, -0.05) is 19.0 Å². The van der Waals surface area contributed by atoms with Crippen LogP contribution < -0.4 is 0 Å². The van der Waals surface area contributed by atoms with Gasteiger partial charge < -0.3 is 14.5 Å². The molecule has 22 heavy (non-hydrogen) atoms. The normalized spacial score (nSPS) is 19.9. The van der Waals surface area contributed by atoms with E-state index in [1.807, 2.05) is 0 Å². The van der Waals surface area contributed by atoms with Crippen LogP contribution in [0.5, 0.6) is 0 Å². The Kier molecular flexibility index (Phi) is 5.57. The van der Waals surface area contributed by atoms with Crippen LogP contribution in [0.15, 0.2) is 10.6 Å². The van der Waals surface area contributed by atoms with Crippen LogP contribution in [-0.2, 0) is 4.79 Å². The fraction of sp³-hybridized carbons (Fsp3) is 0.688. The second-order valence-electron chi connectivity index (χ2n) is 6.12. The van der Waals surface area contributed by atoms with Crippen molar-refractivity contribution in [3.63, 3.8) is 0 Å². The molecule has 2 atom stereocenters. The molecule has 2 unspecified atom stereocenters. The summed E-state index contributed by atoms with van der Waals surface area (Å²) in [6.07, 6.45) is 3.61. The maximum atomic E-state index is 12.5. The van der Waals surface area contributed by atoms with Gasteiger partial charge in [0.2, 0.25) is 5.76 Å². The zero-order valence-electron chi connectivity index (χ0n) is 13.2. The van der Waals surface area contributed by atoms with E-state index < -0.39 is 5.97 Å². The van der Waals surface area contributed by atoms with Crippen LogP contribution in [-0.4, -0.2) is 40.1 Å². The van der Waals surface area contributed by atoms with Crippen molar-refractivity contribution in [1.82, 2.24) is 10.1 Å². The van der Waals surface area contributed by atoms with Gasteiger partial charge in [0, 0.05) is 31.5 Å². The number of nitrogens with zero attached hydrogens (tertiary/aromatic N) is 2. The van der Waals surface area contributed by atoms with Crippen LogP contribution in [0.1, 0.15) is 68.1 Å². The molecule has 1 aromatic rings. The third kappa shape index (κ3) is 4.08. The summed E-state index contributed by atoms with van der Waals surface area (Å²) in [5.41, 5.74) is 0.810. The number of carbonyl (C=O) groups is 2. The van der Waals surface area contributed by atoms with Crippen LogP contribution >= 0.6 is 0 Å². The molecule has 6 nitrogen and oxygen atoms in total. The lowest BCUT2D eigenvalue weighted by molar-refractivity contribution is -0.137. The first kappa shape index (κ1) is 16.5. The smallest absolute Gasteiger partial charge is 0.303 e. The molecule has 1 aliphatic rings. The third-order valence-electron chi connectivity index (χ3n) is 4.43. The first-order valence-electron chi connectivity index (χ1n) is 7.99. The molecular weight excluding hydrogens is 284 g/mol. The summed E-state index contributed by atoms with van der Waals surface area (Å²) >= 11 is 0. The number of rotatable bonds is 6. The average Bonchev–Trinajstić information content (AvgIpc) is 3.01. The molecule has 1 aromatic heterocycles. The van der Waals surface area contributed by atoms with Gasteiger partial charge in [-0.25, -0.2) is 0 Å². The summed E-state index contributed by atoms with van der Waals surface area (Å²) in [4.78, 5) is 24.9. The minimum absolute atomic E-state index is 0.137. The molecule has 0 saturated carbocycles. The largest absolute Gasteiger partial charge is 0.481 e. The number of hydrogen-bond acceptors (Lipinski definition) is 4. The third-order valence-corrected chi connectivity index (χ3v) is 4.43. The Morgan fingerprint density at radius 3 is 3.00 bits per heavy atom. The number of piperidine rings is 1. The minimum Gasteiger partial charge on any atom is -0.481 e. The predicted molar refractivity (Wildman–Crippen MR) is 80.7 cm³/mol. The molecule has 1 N–H and O–H groups in total. The van der Waals surface area contributed by atoms with E-state index in [1.165, 1.54) is 0 Å². The van der Waals surface area contributed by atoms with Crippen molar-refractivity contribution in [2.45, 2.75) is 51.9 Å². The van der Waals surface area contributed by atoms with Gasteiger partial charge >= 0.3 is 5.97 Å². The number of likely N-dealkylation sites (tertiary alicyclic amines) is 1. The van der Waals surface area contributed by atoms with Gasteiger partial charge in [-0.15, -0.1) is 0 Å². The molecule has 0 radical (unpaired) electrons. The van der Waals surface area contributed by atoms with Gasteiger partial charge in [-0.2, -0.15) is 0 Å². The van der Waals surface area contributed by atoms with E-state index in [0.717, 1.165) is 25.0 Å². The molecule has 2 heterocycles. The molecule has 1 fully saturated rings. The quantitative estimate of drug-likeness (QED) is 0.873. The first-order chi connectivity index (χ1) is 10.5. The Bertz CT molecular complexity index is 526. The van der Waals surface area contributed by atoms with E-state index >= 15 is 0 Å². The van der Waals surface area contributed by atoms with Crippen LogP contribution in [0, 0.1) is 5.92 Å². The van der Waals surface area contributed by atoms with E-state index in [4.69, 9.17) is 9.63 Å². The van der Waals surface area contributed by atoms with Crippen molar-refractivity contribution in [2.75, 3.05) is 13.1 Å². The summed E-state index contributed by atoms with van der Waals surface area (Å²) < 4.78 is 5.20. The van der Waals surface area contributed by atoms with E-state index in [2.05, 4.69) is 19.0 Å². The fourth-order valence-electron chi connectivity index (χ4n) is 2.80. The Labute approximate surface area is 130 Å². The fourth-order valence-corrected chi connectivity index (χ4v) is 2.80. The van der Waals surface area contributed by atoms with Gasteiger partial charge in [0.05, 0.1) is 5.69 Å². The van der Waals surface area contributed by atoms with Crippen molar-refractivity contribution in [2.24, 2.45) is 5.92 Å². The van der Waals surface area contributed by atoms with Crippen LogP contribution in [0.2, 0.25) is 0 Å². The van der Waals surface area contributed by atoms with Crippen LogP contribution in [0.25, 0.3) is 0 Å². The van der Waals surface area contributed by atoms with Crippen molar-refractivity contribution in [1.29, 1.82) is 0 Å². The molecule has 1 amide bonds. The molecule has 0 aromatic carbocycles. The Balaban J connectivity index is 1.96. The lowest BCUT2D eigenvalue weighted by Gasteiger charge is -2.31. The van der Waals surface area contributed by atoms with Gasteiger partial charge in [-0.3, -0.25) is 9.59 Å². The predicted octanol–water partition coefficient (Wildman–Crippen LogP) is 2.91. The van der Waals surface area contributed by atoms with Crippen LogP contribution in [0.3, 0.4) is 0 Å². The monoisotopic (exact) mass is 308 g/mol. The van der Waals surface area contributed by atoms with Crippen LogP contribution in [0.4, 0.5) is 0 Å². The molecule has 6 heteroatoms. The highest BCUT2D eigenvalue weighted by atomic mass is 16.5. The number of carboxylic acids is 1. The zero-order valence-corrected chi connectivity index (χ0v) is 13.2. The number of aliphatic carboxylic acids is 1. The lowest BCUT2D eigenvalue weighted by atomic mass is 9.93. The minimum atomic E-state index is -0.781. The second-order valence-corrected chi connectivity index (χ2v) is 6.12. The van der Waals surface area contributed by atoms with Gasteiger partial charge in [-0.05, 0) is 31.6 Å². The highest BCUT2D eigenvalue weighted by Gasteiger charge is 2.27. The summed E-state index contributed by atoms with van der Waals surface area (Å²) in [6.45, 7) is 5.42. The van der Waals surface area contributed by atoms with E-state index in [9.17, 15) is 9.59 Å². The summed E-state index contributed by atoms with van der Waals surface area (Å²) in [5.74, 6) is -0.103. The van der Waals surface area contributed by atoms with Gasteiger partial charge in [0.1, 0.15) is 0 Å². The number of aromatic nitrogens is 1. The van der Waals surface area contributed by atoms with Gasteiger partial charge in [0.15, 0.2) is 0 Å². The molecule has 0 bridgehead atoms. The first-order valence-corrected chi connectivity index (χ1v) is 7.99. The number of carbonyl (C=O) groups excluding carboxylic acids is 1. The number of amides is 1. The topological polar surface area (TPSA) is 83.6 Å². The standard InChI is InChI=1S/C16H24N2O4/c1-3-11(2)13-9-14(22-17-13)16(21)18-8-4-5-12(10-18)6-7-15(19)20/h9,11-12H,3-8,10H2,1-2H3,(H,19,20). The molecule has 0 aliphatic carbocycles. The summed E-state index contributed by atoms with van der Waals surface area (Å²) in [6, 6.07) is 1.73. The molecule has 1 saturated heterocycles. The number of carboxylic acid groups (broad SMARTS) is 1. The molecular formula is C16H24N2O4. The maximum absolute atomic E-state index is 12.5.